The number of hydrogen-bond donors (Lipinski definition) is 0. The zero-order chi connectivity index (χ0) is 6.15. The van der Waals surface area contributed by atoms with Crippen LogP contribution < -0.4 is 0 Å². The van der Waals surface area contributed by atoms with Crippen molar-refractivity contribution in [3.05, 3.63) is 13.0 Å². The van der Waals surface area contributed by atoms with Crippen LogP contribution in [0.15, 0.2) is 4.52 Å². The summed E-state index contributed by atoms with van der Waals surface area (Å²) < 4.78 is 6.66. The molecule has 1 aromatic rings. The number of halogens is 2. The molecule has 0 aliphatic rings. The van der Waals surface area contributed by atoms with Crippen molar-refractivity contribution in [2.45, 2.75) is 6.92 Å². The highest BCUT2D eigenvalue weighted by Gasteiger charge is 2.03. The zero-order valence-corrected chi connectivity index (χ0v) is 8.43. The van der Waals surface area contributed by atoms with Gasteiger partial charge in [0.15, 0.2) is 3.77 Å². The SMILES string of the molecule is Cc1c(I)noc1I. The summed E-state index contributed by atoms with van der Waals surface area (Å²) >= 11 is 4.25. The number of nitrogens with zero attached hydrogens (tertiary/aromatic N) is 1. The van der Waals surface area contributed by atoms with Crippen LogP contribution >= 0.6 is 45.2 Å². The van der Waals surface area contributed by atoms with Crippen molar-refractivity contribution in [1.29, 1.82) is 0 Å². The molecule has 0 spiro atoms. The van der Waals surface area contributed by atoms with Gasteiger partial charge >= 0.3 is 0 Å². The number of hydrogen-bond acceptors (Lipinski definition) is 2. The predicted octanol–water partition coefficient (Wildman–Crippen LogP) is 2.19. The molecule has 1 rings (SSSR count). The Labute approximate surface area is 74.3 Å². The summed E-state index contributed by atoms with van der Waals surface area (Å²) in [6.45, 7) is 1.99. The summed E-state index contributed by atoms with van der Waals surface area (Å²) in [6, 6.07) is 0. The first-order chi connectivity index (χ1) is 3.72. The van der Waals surface area contributed by atoms with Gasteiger partial charge in [0.05, 0.1) is 0 Å². The minimum absolute atomic E-state index is 0.881. The molecule has 0 aliphatic heterocycles. The molecule has 8 heavy (non-hydrogen) atoms. The summed E-state index contributed by atoms with van der Waals surface area (Å²) in [5, 5.41) is 3.72. The van der Waals surface area contributed by atoms with Crippen LogP contribution in [0.2, 0.25) is 0 Å². The van der Waals surface area contributed by atoms with Gasteiger partial charge < -0.3 is 4.52 Å². The fourth-order valence-electron chi connectivity index (χ4n) is 0.298. The van der Waals surface area contributed by atoms with Crippen LogP contribution in [0, 0.1) is 14.4 Å². The third-order valence-electron chi connectivity index (χ3n) is 0.810. The minimum Gasteiger partial charge on any atom is -0.349 e. The standard InChI is InChI=1S/C4H3I2NO/c1-2-3(5)7-8-4(2)6/h1H3. The minimum atomic E-state index is 0.881. The Morgan fingerprint density at radius 2 is 2.12 bits per heavy atom. The largest absolute Gasteiger partial charge is 0.349 e. The van der Waals surface area contributed by atoms with Crippen molar-refractivity contribution in [1.82, 2.24) is 5.16 Å². The van der Waals surface area contributed by atoms with E-state index in [0.29, 0.717) is 0 Å². The van der Waals surface area contributed by atoms with Gasteiger partial charge in [0.25, 0.3) is 0 Å². The summed E-state index contributed by atoms with van der Waals surface area (Å²) in [5.74, 6) is 0. The molecule has 4 heteroatoms. The quantitative estimate of drug-likeness (QED) is 0.680. The summed E-state index contributed by atoms with van der Waals surface area (Å²) in [6.07, 6.45) is 0. The van der Waals surface area contributed by atoms with Gasteiger partial charge in [-0.2, -0.15) is 0 Å². The smallest absolute Gasteiger partial charge is 0.200 e. The Balaban J connectivity index is 3.19. The Morgan fingerprint density at radius 3 is 2.25 bits per heavy atom. The molecule has 2 nitrogen and oxygen atoms in total. The molecule has 0 saturated carbocycles. The van der Waals surface area contributed by atoms with Crippen molar-refractivity contribution in [3.63, 3.8) is 0 Å². The van der Waals surface area contributed by atoms with Crippen molar-refractivity contribution in [2.75, 3.05) is 0 Å². The fourth-order valence-corrected chi connectivity index (χ4v) is 1.51. The Bertz CT molecular complexity index is 176. The van der Waals surface area contributed by atoms with Gasteiger partial charge in [-0.25, -0.2) is 0 Å². The molecular weight excluding hydrogens is 332 g/mol. The lowest BCUT2D eigenvalue weighted by Crippen LogP contribution is -1.71. The molecule has 0 amide bonds. The van der Waals surface area contributed by atoms with E-state index < -0.39 is 0 Å². The molecule has 0 unspecified atom stereocenters. The summed E-state index contributed by atoms with van der Waals surface area (Å²) in [4.78, 5) is 0. The lowest BCUT2D eigenvalue weighted by molar-refractivity contribution is 0.393. The van der Waals surface area contributed by atoms with Gasteiger partial charge in [0.2, 0.25) is 0 Å². The maximum atomic E-state index is 4.82. The number of aromatic nitrogens is 1. The molecule has 0 N–H and O–H groups in total. The van der Waals surface area contributed by atoms with Crippen LogP contribution in [0.3, 0.4) is 0 Å². The van der Waals surface area contributed by atoms with Crippen molar-refractivity contribution < 1.29 is 4.52 Å². The van der Waals surface area contributed by atoms with E-state index in [1.54, 1.807) is 0 Å². The van der Waals surface area contributed by atoms with Gasteiger partial charge in [0, 0.05) is 28.2 Å². The van der Waals surface area contributed by atoms with E-state index in [9.17, 15) is 0 Å². The first-order valence-corrected chi connectivity index (χ1v) is 4.15. The van der Waals surface area contributed by atoms with Crippen LogP contribution in [-0.4, -0.2) is 5.16 Å². The van der Waals surface area contributed by atoms with E-state index in [1.807, 2.05) is 6.92 Å². The maximum Gasteiger partial charge on any atom is 0.200 e. The predicted molar refractivity (Wildman–Crippen MR) is 46.7 cm³/mol. The van der Waals surface area contributed by atoms with Crippen LogP contribution in [0.4, 0.5) is 0 Å². The van der Waals surface area contributed by atoms with Crippen LogP contribution in [-0.2, 0) is 0 Å². The topological polar surface area (TPSA) is 26.0 Å². The average Bonchev–Trinajstić information content (AvgIpc) is 1.98. The van der Waals surface area contributed by atoms with Crippen LogP contribution in [0.25, 0.3) is 0 Å². The van der Waals surface area contributed by atoms with E-state index in [0.717, 1.165) is 13.0 Å². The number of rotatable bonds is 0. The molecular formula is C4H3I2NO. The van der Waals surface area contributed by atoms with Crippen molar-refractivity contribution >= 4 is 45.2 Å². The summed E-state index contributed by atoms with van der Waals surface area (Å²) in [7, 11) is 0. The molecule has 0 radical (unpaired) electrons. The molecule has 0 fully saturated rings. The van der Waals surface area contributed by atoms with E-state index in [4.69, 9.17) is 4.52 Å². The highest BCUT2D eigenvalue weighted by Crippen LogP contribution is 2.15. The summed E-state index contributed by atoms with van der Waals surface area (Å²) in [5.41, 5.74) is 1.13. The van der Waals surface area contributed by atoms with Crippen molar-refractivity contribution in [2.24, 2.45) is 0 Å². The molecule has 44 valence electrons. The van der Waals surface area contributed by atoms with Crippen molar-refractivity contribution in [3.8, 4) is 0 Å². The lowest BCUT2D eigenvalue weighted by Gasteiger charge is -1.77. The molecule has 1 heterocycles. The maximum absolute atomic E-state index is 4.82. The Morgan fingerprint density at radius 1 is 1.50 bits per heavy atom. The fraction of sp³-hybridized carbons (Fsp3) is 0.250. The lowest BCUT2D eigenvalue weighted by atomic mass is 10.4. The first kappa shape index (κ1) is 6.79. The second-order valence-corrected chi connectivity index (χ2v) is 3.37. The van der Waals surface area contributed by atoms with Gasteiger partial charge in [0.1, 0.15) is 3.70 Å². The Hall–Kier alpha value is 0.670. The zero-order valence-electron chi connectivity index (χ0n) is 4.11. The van der Waals surface area contributed by atoms with Crippen LogP contribution in [0.1, 0.15) is 5.56 Å². The van der Waals surface area contributed by atoms with Gasteiger partial charge in [-0.15, -0.1) is 0 Å². The second-order valence-electron chi connectivity index (χ2n) is 1.37. The van der Waals surface area contributed by atoms with Crippen LogP contribution in [0.5, 0.6) is 0 Å². The second kappa shape index (κ2) is 2.51. The van der Waals surface area contributed by atoms with Gasteiger partial charge in [-0.05, 0) is 29.5 Å². The van der Waals surface area contributed by atoms with Gasteiger partial charge in [-0.3, -0.25) is 0 Å². The highest BCUT2D eigenvalue weighted by atomic mass is 127. The van der Waals surface area contributed by atoms with E-state index in [-0.39, 0.29) is 0 Å². The third kappa shape index (κ3) is 1.15. The monoisotopic (exact) mass is 335 g/mol. The average molecular weight is 335 g/mol. The molecule has 0 aliphatic carbocycles. The molecule has 0 aromatic carbocycles. The normalized spacial score (nSPS) is 9.88. The Kier molecular flexibility index (Phi) is 2.13. The van der Waals surface area contributed by atoms with E-state index >= 15 is 0 Å². The molecule has 0 atom stereocenters. The molecule has 1 aromatic heterocycles. The third-order valence-corrected chi connectivity index (χ3v) is 2.82. The van der Waals surface area contributed by atoms with E-state index in [2.05, 4.69) is 50.3 Å². The molecule has 0 bridgehead atoms. The molecule has 0 saturated heterocycles. The first-order valence-electron chi connectivity index (χ1n) is 1.99. The van der Waals surface area contributed by atoms with E-state index in [1.165, 1.54) is 0 Å². The van der Waals surface area contributed by atoms with Gasteiger partial charge in [-0.1, -0.05) is 5.16 Å². The highest BCUT2D eigenvalue weighted by molar-refractivity contribution is 14.1.